The molecular weight excluding hydrogens is 432 g/mol. The van der Waals surface area contributed by atoms with Crippen LogP contribution in [0.25, 0.3) is 0 Å². The fourth-order valence-corrected chi connectivity index (χ4v) is 2.89. The maximum absolute atomic E-state index is 12.2. The smallest absolute Gasteiger partial charge is 0.330 e. The van der Waals surface area contributed by atoms with Gasteiger partial charge in [0, 0.05) is 27.0 Å². The van der Waals surface area contributed by atoms with Gasteiger partial charge in [0.05, 0.1) is 4.47 Å². The summed E-state index contributed by atoms with van der Waals surface area (Å²) in [6, 6.07) is 0. The van der Waals surface area contributed by atoms with Gasteiger partial charge in [0.25, 0.3) is 5.56 Å². The van der Waals surface area contributed by atoms with E-state index in [2.05, 4.69) is 20.9 Å². The Balaban J connectivity index is 2.47. The first-order chi connectivity index (χ1) is 12.6. The van der Waals surface area contributed by atoms with Crippen molar-refractivity contribution < 1.29 is 33.3 Å². The number of halogens is 1. The number of aromatic nitrogens is 2. The van der Waals surface area contributed by atoms with Gasteiger partial charge >= 0.3 is 23.6 Å². The summed E-state index contributed by atoms with van der Waals surface area (Å²) in [5, 5.41) is 0. The van der Waals surface area contributed by atoms with Crippen LogP contribution in [0.4, 0.5) is 0 Å². The molecule has 1 N–H and O–H groups in total. The Kier molecular flexibility index (Phi) is 6.54. The summed E-state index contributed by atoms with van der Waals surface area (Å²) in [6.07, 6.45) is -3.46. The van der Waals surface area contributed by atoms with Crippen LogP contribution in [0.15, 0.2) is 20.3 Å². The maximum Gasteiger partial charge on any atom is 0.330 e. The molecule has 0 aliphatic carbocycles. The average Bonchev–Trinajstić information content (AvgIpc) is 2.85. The van der Waals surface area contributed by atoms with E-state index in [1.54, 1.807) is 0 Å². The molecule has 1 aliphatic rings. The first-order valence-electron chi connectivity index (χ1n) is 7.74. The van der Waals surface area contributed by atoms with Crippen LogP contribution in [-0.4, -0.2) is 52.4 Å². The Morgan fingerprint density at radius 2 is 1.70 bits per heavy atom. The average molecular weight is 449 g/mol. The highest BCUT2D eigenvalue weighted by Gasteiger charge is 2.51. The maximum atomic E-state index is 12.2. The summed E-state index contributed by atoms with van der Waals surface area (Å²) in [5.74, 6) is -2.00. The van der Waals surface area contributed by atoms with Crippen LogP contribution in [-0.2, 0) is 33.3 Å². The Hall–Kier alpha value is -2.47. The summed E-state index contributed by atoms with van der Waals surface area (Å²) >= 11 is 3.00. The quantitative estimate of drug-likeness (QED) is 0.470. The van der Waals surface area contributed by atoms with Gasteiger partial charge in [0.15, 0.2) is 18.4 Å². The monoisotopic (exact) mass is 448 g/mol. The number of hydrogen-bond donors (Lipinski definition) is 1. The molecule has 1 saturated heterocycles. The molecule has 1 fully saturated rings. The number of hydrogen-bond acceptors (Lipinski definition) is 9. The molecule has 1 aliphatic heterocycles. The van der Waals surface area contributed by atoms with Gasteiger partial charge in [-0.25, -0.2) is 4.79 Å². The number of nitrogens with zero attached hydrogens (tertiary/aromatic N) is 1. The zero-order chi connectivity index (χ0) is 20.3. The number of rotatable bonds is 5. The first kappa shape index (κ1) is 20.8. The number of esters is 3. The SMILES string of the molecule is CC(=O)OC[C@@H]1O[C@@H](n2cc(Br)c(=O)[nH]c2=O)[C@@H](OC(C)=O)[C@@H]1OC(C)=O. The van der Waals surface area contributed by atoms with Crippen molar-refractivity contribution in [3.05, 3.63) is 31.5 Å². The van der Waals surface area contributed by atoms with Crippen LogP contribution in [0, 0.1) is 0 Å². The van der Waals surface area contributed by atoms with Crippen molar-refractivity contribution >= 4 is 33.8 Å². The Morgan fingerprint density at radius 1 is 1.11 bits per heavy atom. The van der Waals surface area contributed by atoms with E-state index in [1.807, 2.05) is 0 Å². The van der Waals surface area contributed by atoms with Crippen molar-refractivity contribution in [3.63, 3.8) is 0 Å². The van der Waals surface area contributed by atoms with Crippen molar-refractivity contribution in [2.24, 2.45) is 0 Å². The third-order valence-electron chi connectivity index (χ3n) is 3.54. The van der Waals surface area contributed by atoms with Crippen LogP contribution in [0.5, 0.6) is 0 Å². The fraction of sp³-hybridized carbons (Fsp3) is 0.533. The van der Waals surface area contributed by atoms with Gasteiger partial charge in [-0.3, -0.25) is 28.7 Å². The molecule has 0 unspecified atom stereocenters. The number of carbonyl (C=O) groups is 3. The van der Waals surface area contributed by atoms with E-state index in [0.29, 0.717) is 0 Å². The number of nitrogens with one attached hydrogen (secondary N) is 1. The molecule has 27 heavy (non-hydrogen) atoms. The van der Waals surface area contributed by atoms with Gasteiger partial charge in [-0.1, -0.05) is 0 Å². The molecular formula is C15H17BrN2O9. The standard InChI is InChI=1S/C15H17BrN2O9/c1-6(19)24-5-10-11(25-7(2)20)12(26-8(3)21)14(27-10)18-4-9(16)13(22)17-15(18)23/h4,10-12,14H,5H2,1-3H3,(H,17,22,23)/t10-,11+,12-,14+/m0/s1. The Morgan fingerprint density at radius 3 is 2.26 bits per heavy atom. The zero-order valence-corrected chi connectivity index (χ0v) is 16.2. The van der Waals surface area contributed by atoms with Crippen LogP contribution in [0.3, 0.4) is 0 Å². The first-order valence-corrected chi connectivity index (χ1v) is 8.53. The largest absolute Gasteiger partial charge is 0.463 e. The second-order valence-electron chi connectivity index (χ2n) is 5.66. The lowest BCUT2D eigenvalue weighted by Crippen LogP contribution is -2.42. The van der Waals surface area contributed by atoms with Crippen molar-refractivity contribution in [1.82, 2.24) is 9.55 Å². The molecule has 0 bridgehead atoms. The molecule has 11 nitrogen and oxygen atoms in total. The topological polar surface area (TPSA) is 143 Å². The zero-order valence-electron chi connectivity index (χ0n) is 14.6. The van der Waals surface area contributed by atoms with E-state index in [0.717, 1.165) is 24.6 Å². The van der Waals surface area contributed by atoms with Gasteiger partial charge in [-0.05, 0) is 15.9 Å². The molecule has 0 amide bonds. The minimum absolute atomic E-state index is 0.0275. The summed E-state index contributed by atoms with van der Waals surface area (Å²) < 4.78 is 22.0. The predicted octanol–water partition coefficient (Wildman–Crippen LogP) is -0.377. The second-order valence-corrected chi connectivity index (χ2v) is 6.51. The minimum Gasteiger partial charge on any atom is -0.463 e. The molecule has 4 atom stereocenters. The lowest BCUT2D eigenvalue weighted by molar-refractivity contribution is -0.166. The molecule has 1 aromatic heterocycles. The van der Waals surface area contributed by atoms with Crippen LogP contribution in [0.1, 0.15) is 27.0 Å². The van der Waals surface area contributed by atoms with Crippen molar-refractivity contribution in [1.29, 1.82) is 0 Å². The van der Waals surface area contributed by atoms with Crippen LogP contribution >= 0.6 is 15.9 Å². The van der Waals surface area contributed by atoms with Crippen molar-refractivity contribution in [3.8, 4) is 0 Å². The highest BCUT2D eigenvalue weighted by atomic mass is 79.9. The lowest BCUT2D eigenvalue weighted by Gasteiger charge is -2.23. The third kappa shape index (κ3) is 5.04. The van der Waals surface area contributed by atoms with Gasteiger partial charge in [-0.2, -0.15) is 0 Å². The fourth-order valence-electron chi connectivity index (χ4n) is 2.57. The summed E-state index contributed by atoms with van der Waals surface area (Å²) in [6.45, 7) is 3.15. The molecule has 2 heterocycles. The predicted molar refractivity (Wildman–Crippen MR) is 90.7 cm³/mol. The number of aromatic amines is 1. The normalized spacial score (nSPS) is 24.3. The van der Waals surface area contributed by atoms with Gasteiger partial charge in [0.1, 0.15) is 12.7 Å². The molecule has 2 rings (SSSR count). The lowest BCUT2D eigenvalue weighted by atomic mass is 10.1. The molecule has 0 radical (unpaired) electrons. The summed E-state index contributed by atoms with van der Waals surface area (Å²) in [4.78, 5) is 59.9. The van der Waals surface area contributed by atoms with Gasteiger partial charge in [0.2, 0.25) is 0 Å². The molecule has 12 heteroatoms. The summed E-state index contributed by atoms with van der Waals surface area (Å²) in [5.41, 5.74) is -1.49. The third-order valence-corrected chi connectivity index (χ3v) is 4.10. The highest BCUT2D eigenvalue weighted by molar-refractivity contribution is 9.10. The van der Waals surface area contributed by atoms with E-state index in [-0.39, 0.29) is 11.1 Å². The van der Waals surface area contributed by atoms with Crippen LogP contribution < -0.4 is 11.2 Å². The van der Waals surface area contributed by atoms with Gasteiger partial charge < -0.3 is 18.9 Å². The number of carbonyl (C=O) groups excluding carboxylic acids is 3. The minimum atomic E-state index is -1.24. The second kappa shape index (κ2) is 8.48. The van der Waals surface area contributed by atoms with Gasteiger partial charge in [-0.15, -0.1) is 0 Å². The number of H-pyrrole nitrogens is 1. The van der Waals surface area contributed by atoms with Crippen molar-refractivity contribution in [2.75, 3.05) is 6.61 Å². The Labute approximate surface area is 160 Å². The van der Waals surface area contributed by atoms with E-state index in [4.69, 9.17) is 18.9 Å². The van der Waals surface area contributed by atoms with E-state index in [9.17, 15) is 24.0 Å². The molecule has 0 saturated carbocycles. The molecule has 0 spiro atoms. The van der Waals surface area contributed by atoms with Crippen molar-refractivity contribution in [2.45, 2.75) is 45.3 Å². The molecule has 148 valence electrons. The molecule has 0 aromatic carbocycles. The summed E-state index contributed by atoms with van der Waals surface area (Å²) in [7, 11) is 0. The van der Waals surface area contributed by atoms with E-state index in [1.165, 1.54) is 6.92 Å². The van der Waals surface area contributed by atoms with Crippen LogP contribution in [0.2, 0.25) is 0 Å². The highest BCUT2D eigenvalue weighted by Crippen LogP contribution is 2.33. The molecule has 1 aromatic rings. The van der Waals surface area contributed by atoms with E-state index >= 15 is 0 Å². The number of ether oxygens (including phenoxy) is 4. The van der Waals surface area contributed by atoms with E-state index < -0.39 is 53.7 Å². The Bertz CT molecular complexity index is 862.